The van der Waals surface area contributed by atoms with Gasteiger partial charge in [-0.15, -0.1) is 0 Å². The van der Waals surface area contributed by atoms with Gasteiger partial charge in [-0.25, -0.2) is 4.39 Å². The van der Waals surface area contributed by atoms with Crippen LogP contribution in [0.4, 0.5) is 10.1 Å². The Morgan fingerprint density at radius 3 is 2.89 bits per heavy atom. The van der Waals surface area contributed by atoms with Gasteiger partial charge in [-0.2, -0.15) is 0 Å². The van der Waals surface area contributed by atoms with Crippen LogP contribution in [0, 0.1) is 9.39 Å². The van der Waals surface area contributed by atoms with Crippen molar-refractivity contribution >= 4 is 34.2 Å². The quantitative estimate of drug-likeness (QED) is 0.848. The average Bonchev–Trinajstić information content (AvgIpc) is 2.83. The van der Waals surface area contributed by atoms with E-state index < -0.39 is 0 Å². The Balaban J connectivity index is 1.91. The van der Waals surface area contributed by atoms with Gasteiger partial charge in [0.25, 0.3) is 0 Å². The molecule has 0 bridgehead atoms. The fourth-order valence-electron chi connectivity index (χ4n) is 1.50. The van der Waals surface area contributed by atoms with Crippen molar-refractivity contribution < 1.29 is 13.6 Å². The first-order valence-electron chi connectivity index (χ1n) is 5.42. The summed E-state index contributed by atoms with van der Waals surface area (Å²) in [6.45, 7) is 0. The molecule has 0 saturated heterocycles. The van der Waals surface area contributed by atoms with Crippen molar-refractivity contribution in [3.63, 3.8) is 0 Å². The van der Waals surface area contributed by atoms with E-state index in [1.807, 2.05) is 28.7 Å². The van der Waals surface area contributed by atoms with Crippen LogP contribution >= 0.6 is 22.6 Å². The van der Waals surface area contributed by atoms with Crippen LogP contribution in [0.25, 0.3) is 0 Å². The van der Waals surface area contributed by atoms with Crippen molar-refractivity contribution in [1.82, 2.24) is 0 Å². The van der Waals surface area contributed by atoms with Gasteiger partial charge in [-0.1, -0.05) is 0 Å². The van der Waals surface area contributed by atoms with E-state index in [0.717, 1.165) is 5.76 Å². The number of benzene rings is 1. The van der Waals surface area contributed by atoms with Crippen LogP contribution in [-0.2, 0) is 11.2 Å². The topological polar surface area (TPSA) is 42.2 Å². The Kier molecular flexibility index (Phi) is 4.35. The third-order valence-corrected chi connectivity index (χ3v) is 3.28. The maximum absolute atomic E-state index is 12.9. The molecular formula is C13H11FINO2. The van der Waals surface area contributed by atoms with Crippen LogP contribution in [0.15, 0.2) is 41.0 Å². The van der Waals surface area contributed by atoms with Crippen molar-refractivity contribution in [2.75, 3.05) is 5.32 Å². The zero-order valence-electron chi connectivity index (χ0n) is 9.45. The first-order chi connectivity index (χ1) is 8.65. The number of rotatable bonds is 4. The molecule has 0 unspecified atom stereocenters. The summed E-state index contributed by atoms with van der Waals surface area (Å²) >= 11 is 1.99. The lowest BCUT2D eigenvalue weighted by Gasteiger charge is -2.06. The van der Waals surface area contributed by atoms with Crippen molar-refractivity contribution in [1.29, 1.82) is 0 Å². The summed E-state index contributed by atoms with van der Waals surface area (Å²) in [7, 11) is 0. The SMILES string of the molecule is O=C(CCc1ccco1)Nc1ccc(F)cc1I. The molecule has 0 saturated carbocycles. The highest BCUT2D eigenvalue weighted by atomic mass is 127. The Morgan fingerprint density at radius 2 is 2.22 bits per heavy atom. The van der Waals surface area contributed by atoms with E-state index in [1.165, 1.54) is 12.1 Å². The fraction of sp³-hybridized carbons (Fsp3) is 0.154. The summed E-state index contributed by atoms with van der Waals surface area (Å²) in [5.41, 5.74) is 0.626. The second-order valence-electron chi connectivity index (χ2n) is 3.75. The maximum Gasteiger partial charge on any atom is 0.224 e. The molecule has 5 heteroatoms. The lowest BCUT2D eigenvalue weighted by Crippen LogP contribution is -2.13. The molecular weight excluding hydrogens is 348 g/mol. The smallest absolute Gasteiger partial charge is 0.224 e. The molecule has 2 aromatic rings. The van der Waals surface area contributed by atoms with Crippen LogP contribution in [0.5, 0.6) is 0 Å². The predicted molar refractivity (Wildman–Crippen MR) is 74.8 cm³/mol. The second-order valence-corrected chi connectivity index (χ2v) is 4.91. The minimum Gasteiger partial charge on any atom is -0.469 e. The predicted octanol–water partition coefficient (Wildman–Crippen LogP) is 3.59. The van der Waals surface area contributed by atoms with Crippen molar-refractivity contribution in [2.45, 2.75) is 12.8 Å². The van der Waals surface area contributed by atoms with E-state index in [-0.39, 0.29) is 11.7 Å². The molecule has 0 aliphatic rings. The molecule has 1 aromatic carbocycles. The van der Waals surface area contributed by atoms with Gasteiger partial charge in [0.05, 0.1) is 12.0 Å². The summed E-state index contributed by atoms with van der Waals surface area (Å²) in [6.07, 6.45) is 2.47. The third kappa shape index (κ3) is 3.56. The monoisotopic (exact) mass is 359 g/mol. The normalized spacial score (nSPS) is 10.3. The molecule has 1 heterocycles. The Bertz CT molecular complexity index is 540. The molecule has 3 nitrogen and oxygen atoms in total. The van der Waals surface area contributed by atoms with Crippen molar-refractivity contribution in [2.24, 2.45) is 0 Å². The van der Waals surface area contributed by atoms with E-state index >= 15 is 0 Å². The Hall–Kier alpha value is -1.37. The molecule has 94 valence electrons. The van der Waals surface area contributed by atoms with Gasteiger partial charge in [-0.05, 0) is 52.9 Å². The molecule has 0 aliphatic carbocycles. The zero-order chi connectivity index (χ0) is 13.0. The van der Waals surface area contributed by atoms with E-state index in [1.54, 1.807) is 18.4 Å². The minimum absolute atomic E-state index is 0.115. The van der Waals surface area contributed by atoms with E-state index in [9.17, 15) is 9.18 Å². The van der Waals surface area contributed by atoms with E-state index in [0.29, 0.717) is 22.1 Å². The number of hydrogen-bond acceptors (Lipinski definition) is 2. The van der Waals surface area contributed by atoms with Gasteiger partial charge in [0.1, 0.15) is 11.6 Å². The number of nitrogens with one attached hydrogen (secondary N) is 1. The summed E-state index contributed by atoms with van der Waals surface area (Å²) < 4.78 is 18.7. The summed E-state index contributed by atoms with van der Waals surface area (Å²) in [6, 6.07) is 7.87. The molecule has 1 N–H and O–H groups in total. The molecule has 0 radical (unpaired) electrons. The standard InChI is InChI=1S/C13H11FINO2/c14-9-3-5-12(11(15)8-9)16-13(17)6-4-10-2-1-7-18-10/h1-3,5,7-8H,4,6H2,(H,16,17). The van der Waals surface area contributed by atoms with Crippen LogP contribution in [-0.4, -0.2) is 5.91 Å². The number of hydrogen-bond donors (Lipinski definition) is 1. The number of furan rings is 1. The fourth-order valence-corrected chi connectivity index (χ4v) is 2.11. The molecule has 0 aliphatic heterocycles. The average molecular weight is 359 g/mol. The summed E-state index contributed by atoms with van der Waals surface area (Å²) in [5, 5.41) is 2.75. The minimum atomic E-state index is -0.312. The largest absolute Gasteiger partial charge is 0.469 e. The third-order valence-electron chi connectivity index (χ3n) is 2.38. The molecule has 0 atom stereocenters. The van der Waals surface area contributed by atoms with Gasteiger partial charge in [-0.3, -0.25) is 4.79 Å². The number of anilines is 1. The number of carbonyl (C=O) groups excluding carboxylic acids is 1. The van der Waals surface area contributed by atoms with E-state index in [4.69, 9.17) is 4.42 Å². The van der Waals surface area contributed by atoms with Gasteiger partial charge in [0, 0.05) is 16.4 Å². The number of amides is 1. The molecule has 2 rings (SSSR count). The maximum atomic E-state index is 12.9. The van der Waals surface area contributed by atoms with Crippen molar-refractivity contribution in [3.8, 4) is 0 Å². The highest BCUT2D eigenvalue weighted by molar-refractivity contribution is 14.1. The van der Waals surface area contributed by atoms with Crippen LogP contribution in [0.2, 0.25) is 0 Å². The Labute approximate surface area is 118 Å². The van der Waals surface area contributed by atoms with Gasteiger partial charge >= 0.3 is 0 Å². The lowest BCUT2D eigenvalue weighted by molar-refractivity contribution is -0.116. The van der Waals surface area contributed by atoms with Crippen LogP contribution < -0.4 is 5.32 Å². The highest BCUT2D eigenvalue weighted by Gasteiger charge is 2.07. The zero-order valence-corrected chi connectivity index (χ0v) is 11.6. The molecule has 0 fully saturated rings. The molecule has 1 amide bonds. The highest BCUT2D eigenvalue weighted by Crippen LogP contribution is 2.19. The lowest BCUT2D eigenvalue weighted by atomic mass is 10.2. The second kappa shape index (κ2) is 5.99. The van der Waals surface area contributed by atoms with Gasteiger partial charge < -0.3 is 9.73 Å². The van der Waals surface area contributed by atoms with Crippen molar-refractivity contribution in [3.05, 3.63) is 51.7 Å². The van der Waals surface area contributed by atoms with Gasteiger partial charge in [0.15, 0.2) is 0 Å². The van der Waals surface area contributed by atoms with E-state index in [2.05, 4.69) is 5.32 Å². The first kappa shape index (κ1) is 13.1. The molecule has 18 heavy (non-hydrogen) atoms. The number of halogens is 2. The summed E-state index contributed by atoms with van der Waals surface area (Å²) in [5.74, 6) is 0.350. The molecule has 1 aromatic heterocycles. The van der Waals surface area contributed by atoms with Crippen LogP contribution in [0.1, 0.15) is 12.2 Å². The summed E-state index contributed by atoms with van der Waals surface area (Å²) in [4.78, 5) is 11.7. The van der Waals surface area contributed by atoms with Crippen LogP contribution in [0.3, 0.4) is 0 Å². The number of carbonyl (C=O) groups is 1. The Morgan fingerprint density at radius 1 is 1.39 bits per heavy atom. The molecule has 0 spiro atoms. The number of aryl methyl sites for hydroxylation is 1. The van der Waals surface area contributed by atoms with Gasteiger partial charge in [0.2, 0.25) is 5.91 Å². The first-order valence-corrected chi connectivity index (χ1v) is 6.50.